The molecule has 23 heavy (non-hydrogen) atoms. The Hall–Kier alpha value is -1.75. The van der Waals surface area contributed by atoms with Crippen LogP contribution in [0.4, 0.5) is 11.4 Å². The Morgan fingerprint density at radius 2 is 2.17 bits per heavy atom. The van der Waals surface area contributed by atoms with Gasteiger partial charge < -0.3 is 20.5 Å². The highest BCUT2D eigenvalue weighted by Crippen LogP contribution is 2.53. The monoisotopic (exact) mass is 318 g/mol. The van der Waals surface area contributed by atoms with Crippen LogP contribution < -0.4 is 11.1 Å². The molecule has 0 amide bonds. The first-order chi connectivity index (χ1) is 10.8. The fourth-order valence-electron chi connectivity index (χ4n) is 2.95. The molecule has 2 fully saturated rings. The summed E-state index contributed by atoms with van der Waals surface area (Å²) < 4.78 is 11.2. The van der Waals surface area contributed by atoms with Crippen molar-refractivity contribution in [2.24, 2.45) is 5.41 Å². The van der Waals surface area contributed by atoms with Crippen LogP contribution in [0.5, 0.6) is 0 Å². The molecule has 1 aromatic rings. The lowest BCUT2D eigenvalue weighted by atomic mass is 10.0. The summed E-state index contributed by atoms with van der Waals surface area (Å²) in [5.41, 5.74) is 7.85. The molecule has 1 aromatic carbocycles. The minimum Gasteiger partial charge on any atom is -0.456 e. The van der Waals surface area contributed by atoms with Gasteiger partial charge in [0.15, 0.2) is 0 Å². The highest BCUT2D eigenvalue weighted by molar-refractivity contribution is 5.92. The summed E-state index contributed by atoms with van der Waals surface area (Å²) in [6.07, 6.45) is 3.92. The van der Waals surface area contributed by atoms with Crippen molar-refractivity contribution in [3.05, 3.63) is 23.8 Å². The average molecular weight is 318 g/mol. The molecular formula is C18H26N2O3. The summed E-state index contributed by atoms with van der Waals surface area (Å²) >= 11 is 0. The number of carbonyl (C=O) groups excluding carboxylic acids is 1. The fourth-order valence-corrected chi connectivity index (χ4v) is 2.95. The molecule has 1 atom stereocenters. The van der Waals surface area contributed by atoms with Gasteiger partial charge in [0.05, 0.1) is 29.6 Å². The van der Waals surface area contributed by atoms with E-state index in [9.17, 15) is 4.79 Å². The summed E-state index contributed by atoms with van der Waals surface area (Å²) in [4.78, 5) is 12.2. The molecule has 0 radical (unpaired) electrons. The molecular weight excluding hydrogens is 292 g/mol. The topological polar surface area (TPSA) is 73.6 Å². The molecule has 1 unspecified atom stereocenters. The van der Waals surface area contributed by atoms with E-state index >= 15 is 0 Å². The molecule has 1 spiro atoms. The normalized spacial score (nSPS) is 22.1. The number of anilines is 2. The van der Waals surface area contributed by atoms with Crippen LogP contribution in [-0.2, 0) is 9.47 Å². The third kappa shape index (κ3) is 3.96. The number of hydrogen-bond acceptors (Lipinski definition) is 5. The lowest BCUT2D eigenvalue weighted by Crippen LogP contribution is -2.24. The molecule has 5 nitrogen and oxygen atoms in total. The maximum Gasteiger partial charge on any atom is 0.338 e. The zero-order valence-corrected chi connectivity index (χ0v) is 14.1. The van der Waals surface area contributed by atoms with Crippen LogP contribution in [0.3, 0.4) is 0 Å². The van der Waals surface area contributed by atoms with E-state index in [1.54, 1.807) is 18.2 Å². The third-order valence-electron chi connectivity index (χ3n) is 4.45. The van der Waals surface area contributed by atoms with Gasteiger partial charge in [-0.05, 0) is 63.6 Å². The van der Waals surface area contributed by atoms with E-state index in [4.69, 9.17) is 15.2 Å². The van der Waals surface area contributed by atoms with Gasteiger partial charge in [0.2, 0.25) is 0 Å². The molecule has 1 saturated carbocycles. The van der Waals surface area contributed by atoms with Gasteiger partial charge in [-0.15, -0.1) is 0 Å². The van der Waals surface area contributed by atoms with Gasteiger partial charge in [0, 0.05) is 6.54 Å². The van der Waals surface area contributed by atoms with E-state index < -0.39 is 5.60 Å². The number of nitrogen functional groups attached to an aromatic ring is 1. The summed E-state index contributed by atoms with van der Waals surface area (Å²) in [6.45, 7) is 7.15. The second-order valence-electron chi connectivity index (χ2n) is 7.82. The van der Waals surface area contributed by atoms with E-state index in [-0.39, 0.29) is 12.1 Å². The van der Waals surface area contributed by atoms with Crippen LogP contribution in [0.2, 0.25) is 0 Å². The van der Waals surface area contributed by atoms with Gasteiger partial charge in [0.1, 0.15) is 5.60 Å². The van der Waals surface area contributed by atoms with Gasteiger partial charge in [-0.1, -0.05) is 0 Å². The number of ether oxygens (including phenoxy) is 2. The van der Waals surface area contributed by atoms with E-state index in [2.05, 4.69) is 5.32 Å². The van der Waals surface area contributed by atoms with Crippen molar-refractivity contribution in [1.82, 2.24) is 0 Å². The fraction of sp³-hybridized carbons (Fsp3) is 0.611. The Labute approximate surface area is 137 Å². The Balaban J connectivity index is 1.62. The first-order valence-corrected chi connectivity index (χ1v) is 8.25. The van der Waals surface area contributed by atoms with Crippen LogP contribution >= 0.6 is 0 Å². The minimum absolute atomic E-state index is 0.224. The zero-order chi connectivity index (χ0) is 16.7. The van der Waals surface area contributed by atoms with E-state index in [1.165, 1.54) is 12.8 Å². The molecule has 126 valence electrons. The highest BCUT2D eigenvalue weighted by atomic mass is 16.6. The van der Waals surface area contributed by atoms with Gasteiger partial charge >= 0.3 is 5.97 Å². The van der Waals surface area contributed by atoms with Gasteiger partial charge in [-0.25, -0.2) is 4.79 Å². The van der Waals surface area contributed by atoms with E-state index in [0.29, 0.717) is 23.2 Å². The Morgan fingerprint density at radius 1 is 1.43 bits per heavy atom. The summed E-state index contributed by atoms with van der Waals surface area (Å²) in [6, 6.07) is 5.19. The summed E-state index contributed by atoms with van der Waals surface area (Å²) in [5, 5.41) is 3.32. The lowest BCUT2D eigenvalue weighted by molar-refractivity contribution is 0.00696. The predicted molar refractivity (Wildman–Crippen MR) is 90.5 cm³/mol. The van der Waals surface area contributed by atoms with Crippen molar-refractivity contribution in [3.63, 3.8) is 0 Å². The molecule has 1 aliphatic carbocycles. The Bertz CT molecular complexity index is 603. The Morgan fingerprint density at radius 3 is 2.78 bits per heavy atom. The molecule has 0 aromatic heterocycles. The van der Waals surface area contributed by atoms with Crippen molar-refractivity contribution in [1.29, 1.82) is 0 Å². The number of benzene rings is 1. The Kier molecular flexibility index (Phi) is 4.00. The number of nitrogens with one attached hydrogen (secondary N) is 1. The van der Waals surface area contributed by atoms with Crippen LogP contribution in [-0.4, -0.2) is 30.8 Å². The smallest absolute Gasteiger partial charge is 0.338 e. The number of esters is 1. The van der Waals surface area contributed by atoms with Crippen molar-refractivity contribution in [2.75, 3.05) is 24.2 Å². The maximum atomic E-state index is 12.2. The SMILES string of the molecule is CC(C)(C)OC(=O)c1ccc(N)c(NCC2CC3(CC3)CO2)c1. The molecule has 5 heteroatoms. The largest absolute Gasteiger partial charge is 0.456 e. The first kappa shape index (κ1) is 16.1. The number of carbonyl (C=O) groups is 1. The predicted octanol–water partition coefficient (Wildman–Crippen LogP) is 3.21. The summed E-state index contributed by atoms with van der Waals surface area (Å²) in [5.74, 6) is -0.338. The van der Waals surface area contributed by atoms with Crippen molar-refractivity contribution in [2.45, 2.75) is 51.7 Å². The second kappa shape index (κ2) is 5.71. The highest BCUT2D eigenvalue weighted by Gasteiger charge is 2.49. The second-order valence-corrected chi connectivity index (χ2v) is 7.82. The molecule has 1 aliphatic heterocycles. The zero-order valence-electron chi connectivity index (χ0n) is 14.1. The molecule has 0 bridgehead atoms. The number of hydrogen-bond donors (Lipinski definition) is 2. The quantitative estimate of drug-likeness (QED) is 0.659. The van der Waals surface area contributed by atoms with E-state index in [1.807, 2.05) is 20.8 Å². The molecule has 3 rings (SSSR count). The molecule has 3 N–H and O–H groups in total. The van der Waals surface area contributed by atoms with Gasteiger partial charge in [-0.3, -0.25) is 0 Å². The molecule has 1 heterocycles. The summed E-state index contributed by atoms with van der Waals surface area (Å²) in [7, 11) is 0. The molecule has 2 aliphatic rings. The van der Waals surface area contributed by atoms with Crippen molar-refractivity contribution < 1.29 is 14.3 Å². The number of nitrogens with two attached hydrogens (primary N) is 1. The van der Waals surface area contributed by atoms with Crippen LogP contribution in [0.1, 0.15) is 50.4 Å². The van der Waals surface area contributed by atoms with Crippen LogP contribution in [0, 0.1) is 5.41 Å². The first-order valence-electron chi connectivity index (χ1n) is 8.25. The third-order valence-corrected chi connectivity index (χ3v) is 4.45. The standard InChI is InChI=1S/C18H26N2O3/c1-17(2,3)23-16(21)12-4-5-14(19)15(8-12)20-10-13-9-18(6-7-18)11-22-13/h4-5,8,13,20H,6-7,9-11,19H2,1-3H3. The minimum atomic E-state index is -0.512. The number of rotatable bonds is 4. The van der Waals surface area contributed by atoms with E-state index in [0.717, 1.165) is 18.7 Å². The lowest BCUT2D eigenvalue weighted by Gasteiger charge is -2.20. The van der Waals surface area contributed by atoms with Crippen LogP contribution in [0.25, 0.3) is 0 Å². The molecule has 1 saturated heterocycles. The van der Waals surface area contributed by atoms with Gasteiger partial charge in [-0.2, -0.15) is 0 Å². The average Bonchev–Trinajstić information content (AvgIpc) is 3.08. The van der Waals surface area contributed by atoms with Gasteiger partial charge in [0.25, 0.3) is 0 Å². The van der Waals surface area contributed by atoms with Crippen molar-refractivity contribution >= 4 is 17.3 Å². The maximum absolute atomic E-state index is 12.2. The van der Waals surface area contributed by atoms with Crippen molar-refractivity contribution in [3.8, 4) is 0 Å². The van der Waals surface area contributed by atoms with Crippen LogP contribution in [0.15, 0.2) is 18.2 Å².